The van der Waals surface area contributed by atoms with Crippen molar-refractivity contribution in [2.24, 2.45) is 0 Å². The maximum absolute atomic E-state index is 12.9. The predicted molar refractivity (Wildman–Crippen MR) is 91.5 cm³/mol. The van der Waals surface area contributed by atoms with Crippen LogP contribution in [-0.4, -0.2) is 54.5 Å². The minimum Gasteiger partial charge on any atom is -0.484 e. The van der Waals surface area contributed by atoms with Crippen molar-refractivity contribution in [2.45, 2.75) is 50.6 Å². The number of rotatable bonds is 5. The third-order valence-corrected chi connectivity index (χ3v) is 5.37. The van der Waals surface area contributed by atoms with Crippen molar-refractivity contribution in [1.82, 2.24) is 9.80 Å². The minimum atomic E-state index is -0.304. The van der Waals surface area contributed by atoms with Crippen molar-refractivity contribution >= 4 is 5.91 Å². The van der Waals surface area contributed by atoms with Gasteiger partial charge in [-0.05, 0) is 63.0 Å². The molecule has 1 heterocycles. The third kappa shape index (κ3) is 4.07. The Kier molecular flexibility index (Phi) is 5.72. The van der Waals surface area contributed by atoms with Gasteiger partial charge in [0.25, 0.3) is 5.91 Å². The quantitative estimate of drug-likeness (QED) is 0.830. The lowest BCUT2D eigenvalue weighted by molar-refractivity contribution is -0.136. The summed E-state index contributed by atoms with van der Waals surface area (Å²) >= 11 is 0. The molecule has 1 saturated carbocycles. The molecule has 24 heavy (non-hydrogen) atoms. The Morgan fingerprint density at radius 2 is 1.83 bits per heavy atom. The van der Waals surface area contributed by atoms with Crippen LogP contribution in [0.15, 0.2) is 24.3 Å². The fourth-order valence-corrected chi connectivity index (χ4v) is 4.01. The molecule has 2 atom stereocenters. The van der Waals surface area contributed by atoms with E-state index >= 15 is 0 Å². The van der Waals surface area contributed by atoms with Crippen LogP contribution in [0.4, 0.5) is 4.39 Å². The molecule has 3 rings (SSSR count). The molecular formula is C19H27FN2O2. The molecule has 1 aliphatic carbocycles. The number of carbonyl (C=O) groups is 1. The number of carbonyl (C=O) groups excluding carboxylic acids is 1. The van der Waals surface area contributed by atoms with Crippen molar-refractivity contribution in [1.29, 1.82) is 0 Å². The van der Waals surface area contributed by atoms with Crippen LogP contribution in [0.3, 0.4) is 0 Å². The van der Waals surface area contributed by atoms with E-state index in [0.29, 0.717) is 11.8 Å². The standard InChI is InChI=1S/C19H27FN2O2/c1-21(19(23)14-24-16-10-8-15(20)9-11-16)17-6-2-3-7-18(17)22-12-4-5-13-22/h8-11,17-18H,2-7,12-14H2,1H3/t17-,18-/m1/s1. The molecule has 0 aromatic heterocycles. The second-order valence-corrected chi connectivity index (χ2v) is 6.91. The number of ether oxygens (including phenoxy) is 1. The molecule has 5 heteroatoms. The SMILES string of the molecule is CN(C(=O)COc1ccc(F)cc1)[C@@H]1CCCC[C@H]1N1CCCC1. The van der Waals surface area contributed by atoms with E-state index < -0.39 is 0 Å². The van der Waals surface area contributed by atoms with Gasteiger partial charge in [-0.25, -0.2) is 4.39 Å². The first-order valence-corrected chi connectivity index (χ1v) is 9.03. The van der Waals surface area contributed by atoms with Gasteiger partial charge in [0.05, 0.1) is 0 Å². The molecule has 0 radical (unpaired) electrons. The first-order valence-electron chi connectivity index (χ1n) is 9.03. The maximum atomic E-state index is 12.9. The summed E-state index contributed by atoms with van der Waals surface area (Å²) in [5.41, 5.74) is 0. The highest BCUT2D eigenvalue weighted by Gasteiger charge is 2.35. The lowest BCUT2D eigenvalue weighted by atomic mass is 9.88. The molecule has 2 fully saturated rings. The van der Waals surface area contributed by atoms with E-state index in [-0.39, 0.29) is 24.4 Å². The van der Waals surface area contributed by atoms with Crippen molar-refractivity contribution < 1.29 is 13.9 Å². The molecule has 1 aliphatic heterocycles. The molecule has 0 spiro atoms. The lowest BCUT2D eigenvalue weighted by Gasteiger charge is -2.42. The second kappa shape index (κ2) is 7.97. The number of benzene rings is 1. The molecule has 2 aliphatic rings. The summed E-state index contributed by atoms with van der Waals surface area (Å²) < 4.78 is 18.4. The summed E-state index contributed by atoms with van der Waals surface area (Å²) in [6.07, 6.45) is 7.24. The average molecular weight is 334 g/mol. The number of amides is 1. The zero-order chi connectivity index (χ0) is 16.9. The van der Waals surface area contributed by atoms with Gasteiger partial charge in [-0.3, -0.25) is 9.69 Å². The van der Waals surface area contributed by atoms with Gasteiger partial charge in [0, 0.05) is 19.1 Å². The van der Waals surface area contributed by atoms with Gasteiger partial charge in [0.1, 0.15) is 11.6 Å². The fraction of sp³-hybridized carbons (Fsp3) is 0.632. The molecule has 132 valence electrons. The average Bonchev–Trinajstić information content (AvgIpc) is 3.15. The van der Waals surface area contributed by atoms with E-state index in [0.717, 1.165) is 19.5 Å². The normalized spacial score (nSPS) is 24.8. The first kappa shape index (κ1) is 17.2. The van der Waals surface area contributed by atoms with Crippen molar-refractivity contribution in [3.05, 3.63) is 30.1 Å². The highest BCUT2D eigenvalue weighted by Crippen LogP contribution is 2.29. The lowest BCUT2D eigenvalue weighted by Crippen LogP contribution is -2.53. The van der Waals surface area contributed by atoms with E-state index in [2.05, 4.69) is 4.90 Å². The first-order chi connectivity index (χ1) is 11.6. The smallest absolute Gasteiger partial charge is 0.260 e. The molecule has 0 bridgehead atoms. The number of halogens is 1. The van der Waals surface area contributed by atoms with E-state index in [4.69, 9.17) is 4.74 Å². The van der Waals surface area contributed by atoms with Gasteiger partial charge in [-0.15, -0.1) is 0 Å². The number of nitrogens with zero attached hydrogens (tertiary/aromatic N) is 2. The van der Waals surface area contributed by atoms with E-state index in [1.165, 1.54) is 44.2 Å². The van der Waals surface area contributed by atoms with Gasteiger partial charge in [0.2, 0.25) is 0 Å². The van der Waals surface area contributed by atoms with Crippen molar-refractivity contribution in [2.75, 3.05) is 26.7 Å². The van der Waals surface area contributed by atoms with Crippen LogP contribution in [0.5, 0.6) is 5.75 Å². The largest absolute Gasteiger partial charge is 0.484 e. The maximum Gasteiger partial charge on any atom is 0.260 e. The highest BCUT2D eigenvalue weighted by atomic mass is 19.1. The van der Waals surface area contributed by atoms with Gasteiger partial charge in [0.15, 0.2) is 6.61 Å². The molecular weight excluding hydrogens is 307 g/mol. The summed E-state index contributed by atoms with van der Waals surface area (Å²) in [5.74, 6) is 0.217. The van der Waals surface area contributed by atoms with Crippen LogP contribution >= 0.6 is 0 Å². The topological polar surface area (TPSA) is 32.8 Å². The van der Waals surface area contributed by atoms with E-state index in [1.807, 2.05) is 11.9 Å². The van der Waals surface area contributed by atoms with Crippen LogP contribution < -0.4 is 4.74 Å². The Bertz CT molecular complexity index is 543. The van der Waals surface area contributed by atoms with Crippen molar-refractivity contribution in [3.63, 3.8) is 0 Å². The van der Waals surface area contributed by atoms with Gasteiger partial charge in [-0.2, -0.15) is 0 Å². The predicted octanol–water partition coefficient (Wildman–Crippen LogP) is 3.07. The number of likely N-dealkylation sites (tertiary alicyclic amines) is 1. The molecule has 1 aromatic carbocycles. The van der Waals surface area contributed by atoms with Crippen LogP contribution in [-0.2, 0) is 4.79 Å². The summed E-state index contributed by atoms with van der Waals surface area (Å²) in [7, 11) is 1.90. The second-order valence-electron chi connectivity index (χ2n) is 6.91. The van der Waals surface area contributed by atoms with Gasteiger partial charge < -0.3 is 9.64 Å². The van der Waals surface area contributed by atoms with E-state index in [1.54, 1.807) is 12.1 Å². The number of likely N-dealkylation sites (N-methyl/N-ethyl adjacent to an activating group) is 1. The van der Waals surface area contributed by atoms with Gasteiger partial charge in [-0.1, -0.05) is 12.8 Å². The Hall–Kier alpha value is -1.62. The zero-order valence-corrected chi connectivity index (χ0v) is 14.4. The highest BCUT2D eigenvalue weighted by molar-refractivity contribution is 5.78. The van der Waals surface area contributed by atoms with Crippen LogP contribution in [0.25, 0.3) is 0 Å². The number of hydrogen-bond acceptors (Lipinski definition) is 3. The molecule has 1 saturated heterocycles. The van der Waals surface area contributed by atoms with Gasteiger partial charge >= 0.3 is 0 Å². The summed E-state index contributed by atoms with van der Waals surface area (Å²) in [5, 5.41) is 0. The fourth-order valence-electron chi connectivity index (χ4n) is 4.01. The van der Waals surface area contributed by atoms with Crippen molar-refractivity contribution in [3.8, 4) is 5.75 Å². The third-order valence-electron chi connectivity index (χ3n) is 5.37. The summed E-state index contributed by atoms with van der Waals surface area (Å²) in [6, 6.07) is 6.55. The Balaban J connectivity index is 1.57. The van der Waals surface area contributed by atoms with E-state index in [9.17, 15) is 9.18 Å². The van der Waals surface area contributed by atoms with Crippen LogP contribution in [0, 0.1) is 5.82 Å². The molecule has 1 aromatic rings. The zero-order valence-electron chi connectivity index (χ0n) is 14.4. The van der Waals surface area contributed by atoms with Crippen LogP contribution in [0.2, 0.25) is 0 Å². The molecule has 0 N–H and O–H groups in total. The monoisotopic (exact) mass is 334 g/mol. The molecule has 4 nitrogen and oxygen atoms in total. The Morgan fingerprint density at radius 3 is 2.54 bits per heavy atom. The van der Waals surface area contributed by atoms with Crippen LogP contribution in [0.1, 0.15) is 38.5 Å². The number of hydrogen-bond donors (Lipinski definition) is 0. The molecule has 1 amide bonds. The summed E-state index contributed by atoms with van der Waals surface area (Å²) in [6.45, 7) is 2.33. The Labute approximate surface area is 143 Å². The molecule has 0 unspecified atom stereocenters. The summed E-state index contributed by atoms with van der Waals surface area (Å²) in [4.78, 5) is 17.0. The Morgan fingerprint density at radius 1 is 1.17 bits per heavy atom. The minimum absolute atomic E-state index is 0.00424.